The molecule has 3 aliphatic rings. The summed E-state index contributed by atoms with van der Waals surface area (Å²) in [6.45, 7) is 0.783. The number of anilines is 4. The number of H-pyrrole nitrogens is 1. The van der Waals surface area contributed by atoms with Crippen LogP contribution in [0.4, 0.5) is 23.3 Å². The van der Waals surface area contributed by atoms with Gasteiger partial charge in [-0.05, 0) is 57.1 Å². The molecule has 0 radical (unpaired) electrons. The summed E-state index contributed by atoms with van der Waals surface area (Å²) in [5.41, 5.74) is 4.40. The first-order chi connectivity index (χ1) is 17.7. The Kier molecular flexibility index (Phi) is 6.34. The third-order valence-electron chi connectivity index (χ3n) is 8.08. The zero-order chi connectivity index (χ0) is 24.5. The predicted molar refractivity (Wildman–Crippen MR) is 142 cm³/mol. The van der Waals surface area contributed by atoms with Gasteiger partial charge in [0.1, 0.15) is 11.9 Å². The van der Waals surface area contributed by atoms with Crippen molar-refractivity contribution in [2.45, 2.75) is 76.2 Å². The van der Waals surface area contributed by atoms with Crippen molar-refractivity contribution in [1.82, 2.24) is 20.2 Å². The van der Waals surface area contributed by atoms with Crippen molar-refractivity contribution in [2.75, 3.05) is 28.7 Å². The molecule has 1 amide bonds. The summed E-state index contributed by atoms with van der Waals surface area (Å²) in [7, 11) is 1.85. The molecule has 1 saturated carbocycles. The summed E-state index contributed by atoms with van der Waals surface area (Å²) in [5.74, 6) is 2.96. The zero-order valence-electron chi connectivity index (χ0n) is 21.0. The second-order valence-electron chi connectivity index (χ2n) is 10.4. The number of nitrogens with one attached hydrogen (secondary N) is 2. The maximum absolute atomic E-state index is 13.5. The van der Waals surface area contributed by atoms with Crippen LogP contribution in [0.15, 0.2) is 36.4 Å². The number of aryl methyl sites for hydroxylation is 1. The van der Waals surface area contributed by atoms with Crippen molar-refractivity contribution in [1.29, 1.82) is 0 Å². The van der Waals surface area contributed by atoms with Gasteiger partial charge in [0.25, 0.3) is 0 Å². The number of aromatic nitrogens is 4. The molecule has 0 bridgehead atoms. The Balaban J connectivity index is 1.25. The van der Waals surface area contributed by atoms with Gasteiger partial charge in [-0.3, -0.25) is 9.89 Å². The van der Waals surface area contributed by atoms with E-state index >= 15 is 0 Å². The van der Waals surface area contributed by atoms with Gasteiger partial charge >= 0.3 is 0 Å². The van der Waals surface area contributed by atoms with E-state index in [1.807, 2.05) is 37.4 Å². The normalized spacial score (nSPS) is 19.9. The number of nitrogens with zero attached hydrogens (tertiary/aromatic N) is 5. The van der Waals surface area contributed by atoms with Crippen molar-refractivity contribution < 1.29 is 4.79 Å². The van der Waals surface area contributed by atoms with Gasteiger partial charge < -0.3 is 15.1 Å². The molecular formula is C28H35N7O. The molecule has 1 atom stereocenters. The van der Waals surface area contributed by atoms with E-state index in [2.05, 4.69) is 26.5 Å². The number of fused-ring (bicyclic) bond motifs is 1. The SMILES string of the molecule is CN(C(=O)[C@@H]1CCCN1c1nc2c(c(Nc3cc(C4CCCCC4)[nH]n3)n1)CCC2)c1ccccc1. The number of likely N-dealkylation sites (N-methyl/N-ethyl adjacent to an activating group) is 1. The Morgan fingerprint density at radius 2 is 1.86 bits per heavy atom. The van der Waals surface area contributed by atoms with E-state index < -0.39 is 0 Å². The molecular weight excluding hydrogens is 450 g/mol. The fraction of sp³-hybridized carbons (Fsp3) is 0.500. The first kappa shape index (κ1) is 23.0. The Bertz CT molecular complexity index is 1220. The highest BCUT2D eigenvalue weighted by molar-refractivity contribution is 5.98. The van der Waals surface area contributed by atoms with E-state index in [0.29, 0.717) is 11.9 Å². The van der Waals surface area contributed by atoms with Crippen molar-refractivity contribution in [3.63, 3.8) is 0 Å². The lowest BCUT2D eigenvalue weighted by Gasteiger charge is -2.28. The minimum Gasteiger partial charge on any atom is -0.329 e. The monoisotopic (exact) mass is 485 g/mol. The van der Waals surface area contributed by atoms with E-state index in [-0.39, 0.29) is 11.9 Å². The average Bonchev–Trinajstić information content (AvgIpc) is 3.70. The molecule has 3 aromatic rings. The van der Waals surface area contributed by atoms with Crippen LogP contribution in [-0.4, -0.2) is 45.7 Å². The molecule has 6 rings (SSSR count). The number of amides is 1. The van der Waals surface area contributed by atoms with Gasteiger partial charge in [0, 0.05) is 42.5 Å². The van der Waals surface area contributed by atoms with Gasteiger partial charge in [-0.25, -0.2) is 4.98 Å². The first-order valence-corrected chi connectivity index (χ1v) is 13.5. The van der Waals surface area contributed by atoms with Crippen molar-refractivity contribution in [2.24, 2.45) is 0 Å². The number of para-hydroxylation sites is 1. The number of carbonyl (C=O) groups is 1. The minimum absolute atomic E-state index is 0.0849. The summed E-state index contributed by atoms with van der Waals surface area (Å²) in [5, 5.41) is 11.3. The molecule has 2 aliphatic carbocycles. The smallest absolute Gasteiger partial charge is 0.249 e. The molecule has 3 heterocycles. The minimum atomic E-state index is -0.259. The van der Waals surface area contributed by atoms with Crippen LogP contribution in [0.1, 0.15) is 74.2 Å². The summed E-state index contributed by atoms with van der Waals surface area (Å²) in [6, 6.07) is 11.7. The lowest BCUT2D eigenvalue weighted by atomic mass is 9.87. The second-order valence-corrected chi connectivity index (χ2v) is 10.4. The van der Waals surface area contributed by atoms with Crippen molar-refractivity contribution in [3.8, 4) is 0 Å². The van der Waals surface area contributed by atoms with Crippen LogP contribution >= 0.6 is 0 Å². The number of benzene rings is 1. The van der Waals surface area contributed by atoms with Crippen LogP contribution in [0.3, 0.4) is 0 Å². The maximum Gasteiger partial charge on any atom is 0.249 e. The summed E-state index contributed by atoms with van der Waals surface area (Å²) in [6.07, 6.45) is 11.2. The van der Waals surface area contributed by atoms with Crippen LogP contribution in [0.25, 0.3) is 0 Å². The van der Waals surface area contributed by atoms with Gasteiger partial charge in [0.15, 0.2) is 5.82 Å². The molecule has 2 N–H and O–H groups in total. The van der Waals surface area contributed by atoms with Gasteiger partial charge in [0.05, 0.1) is 5.69 Å². The second kappa shape index (κ2) is 9.91. The number of hydrogen-bond acceptors (Lipinski definition) is 6. The van der Waals surface area contributed by atoms with Crippen LogP contribution in [-0.2, 0) is 17.6 Å². The van der Waals surface area contributed by atoms with E-state index in [1.54, 1.807) is 4.90 Å². The number of hydrogen-bond donors (Lipinski definition) is 2. The topological polar surface area (TPSA) is 90.0 Å². The van der Waals surface area contributed by atoms with Gasteiger partial charge in [-0.1, -0.05) is 37.5 Å². The zero-order valence-corrected chi connectivity index (χ0v) is 21.0. The third-order valence-corrected chi connectivity index (χ3v) is 8.08. The highest BCUT2D eigenvalue weighted by Crippen LogP contribution is 2.35. The van der Waals surface area contributed by atoms with E-state index in [1.165, 1.54) is 43.4 Å². The Morgan fingerprint density at radius 3 is 2.69 bits per heavy atom. The number of aromatic amines is 1. The third kappa shape index (κ3) is 4.45. The van der Waals surface area contributed by atoms with E-state index in [0.717, 1.165) is 61.7 Å². The van der Waals surface area contributed by atoms with E-state index in [9.17, 15) is 4.79 Å². The maximum atomic E-state index is 13.5. The molecule has 1 aromatic carbocycles. The fourth-order valence-electron chi connectivity index (χ4n) is 6.06. The quantitative estimate of drug-likeness (QED) is 0.504. The molecule has 8 heteroatoms. The molecule has 2 aromatic heterocycles. The summed E-state index contributed by atoms with van der Waals surface area (Å²) >= 11 is 0. The number of rotatable bonds is 6. The largest absolute Gasteiger partial charge is 0.329 e. The average molecular weight is 486 g/mol. The predicted octanol–water partition coefficient (Wildman–Crippen LogP) is 5.11. The highest BCUT2D eigenvalue weighted by Gasteiger charge is 2.36. The standard InChI is InChI=1S/C28H35N7O/c1-34(20-12-6-3-7-13-20)27(36)24-16-9-17-35(24)28-29-22-15-8-14-21(22)26(31-28)30-25-18-23(32-33-25)19-10-4-2-5-11-19/h3,6-7,12-13,18-19,24H,2,4-5,8-11,14-17H2,1H3,(H2,29,30,31,32,33)/t24-/m0/s1. The Labute approximate surface area is 212 Å². The van der Waals surface area contributed by atoms with E-state index in [4.69, 9.17) is 9.97 Å². The molecule has 0 spiro atoms. The molecule has 8 nitrogen and oxygen atoms in total. The van der Waals surface area contributed by atoms with Crippen molar-refractivity contribution in [3.05, 3.63) is 53.3 Å². The van der Waals surface area contributed by atoms with Crippen molar-refractivity contribution >= 4 is 29.2 Å². The van der Waals surface area contributed by atoms with Crippen LogP contribution < -0.4 is 15.1 Å². The molecule has 0 unspecified atom stereocenters. The Morgan fingerprint density at radius 1 is 1.03 bits per heavy atom. The van der Waals surface area contributed by atoms with Gasteiger partial charge in [-0.15, -0.1) is 0 Å². The molecule has 1 aliphatic heterocycles. The van der Waals surface area contributed by atoms with Crippen LogP contribution in [0, 0.1) is 0 Å². The fourth-order valence-corrected chi connectivity index (χ4v) is 6.06. The number of carbonyl (C=O) groups excluding carboxylic acids is 1. The van der Waals surface area contributed by atoms with Crippen LogP contribution in [0.5, 0.6) is 0 Å². The molecule has 36 heavy (non-hydrogen) atoms. The van der Waals surface area contributed by atoms with Crippen LogP contribution in [0.2, 0.25) is 0 Å². The first-order valence-electron chi connectivity index (χ1n) is 13.5. The molecule has 1 saturated heterocycles. The summed E-state index contributed by atoms with van der Waals surface area (Å²) in [4.78, 5) is 27.3. The van der Waals surface area contributed by atoms with Gasteiger partial charge in [0.2, 0.25) is 11.9 Å². The highest BCUT2D eigenvalue weighted by atomic mass is 16.2. The van der Waals surface area contributed by atoms with Gasteiger partial charge in [-0.2, -0.15) is 10.1 Å². The molecule has 188 valence electrons. The Hall–Kier alpha value is -3.42. The lowest BCUT2D eigenvalue weighted by Crippen LogP contribution is -2.45. The lowest BCUT2D eigenvalue weighted by molar-refractivity contribution is -0.119. The molecule has 2 fully saturated rings. The summed E-state index contributed by atoms with van der Waals surface area (Å²) < 4.78 is 0.